The molecule has 8 fully saturated rings. The topological polar surface area (TPSA) is 369 Å². The summed E-state index contributed by atoms with van der Waals surface area (Å²) in [7, 11) is 0. The van der Waals surface area contributed by atoms with Crippen LogP contribution in [0.3, 0.4) is 0 Å². The van der Waals surface area contributed by atoms with Gasteiger partial charge in [0.25, 0.3) is 11.5 Å². The molecule has 9 aliphatic rings. The number of hydrogen-bond acceptors (Lipinski definition) is 18. The molecule has 0 spiro atoms. The van der Waals surface area contributed by atoms with Crippen LogP contribution in [0.15, 0.2) is 190 Å². The number of amides is 1. The van der Waals surface area contributed by atoms with E-state index in [0.717, 1.165) is 223 Å². The molecule has 31 heteroatoms. The number of aromatic nitrogens is 19. The van der Waals surface area contributed by atoms with E-state index in [0.29, 0.717) is 69.6 Å². The first kappa shape index (κ1) is 104. The molecule has 8 aliphatic carbocycles. The van der Waals surface area contributed by atoms with Gasteiger partial charge in [-0.3, -0.25) is 32.4 Å². The maximum atomic E-state index is 14.7. The number of oxazole rings is 1. The van der Waals surface area contributed by atoms with Gasteiger partial charge in [-0.1, -0.05) is 105 Å². The SMILES string of the molecule is CC1CCC(N2C(=O)C(C)(F)c3ccccc32)CC1.CC1CCC(c2c[nH]c(=O)c(-c3ncccn3)c2)CC1.CC1CCC(c2nnc(-c3ccccc3)o2)CC1.CC1CCC(n2c(=O)[nH]c3cncnc32)CC1.CC1CCC(n2c(=O)oc3cccnc32)CC1.Cc1cc(F)cc2c1[nH]c(=O)n2C1CCC(C)CC1.Cc1cnc2c(c1)[nH]c(=O)n2C1CCC(C)CC1.Cc1cnc2c(c1)[nH]c(=O)n2C1CCC(C)CC1. The minimum atomic E-state index is -1.86. The Labute approximate surface area is 850 Å². The first-order valence-electron chi connectivity index (χ1n) is 53.9. The van der Waals surface area contributed by atoms with Crippen molar-refractivity contribution in [2.24, 2.45) is 47.3 Å². The molecule has 1 aliphatic heterocycles. The van der Waals surface area contributed by atoms with Crippen LogP contribution in [0.4, 0.5) is 14.5 Å². The highest BCUT2D eigenvalue weighted by atomic mass is 19.1. The number of hydrogen-bond donors (Lipinski definition) is 5. The lowest BCUT2D eigenvalue weighted by atomic mass is 9.80. The van der Waals surface area contributed by atoms with Gasteiger partial charge in [-0.25, -0.2) is 67.6 Å². The molecule has 774 valence electrons. The monoisotopic (exact) mass is 1990 g/mol. The van der Waals surface area contributed by atoms with E-state index in [4.69, 9.17) is 8.83 Å². The van der Waals surface area contributed by atoms with Gasteiger partial charge in [0, 0.05) is 90.5 Å². The number of pyridine rings is 4. The molecule has 24 rings (SSSR count). The summed E-state index contributed by atoms with van der Waals surface area (Å²) in [6.07, 6.45) is 50.2. The van der Waals surface area contributed by atoms with Crippen molar-refractivity contribution in [1.82, 2.24) is 92.8 Å². The highest BCUT2D eigenvalue weighted by molar-refractivity contribution is 6.07. The number of alkyl halides is 1. The molecule has 12 aromatic heterocycles. The third-order valence-corrected chi connectivity index (χ3v) is 32.6. The smallest absolute Gasteiger partial charge is 0.420 e. The quantitative estimate of drug-likeness (QED) is 0.0849. The molecule has 0 bridgehead atoms. The fourth-order valence-electron chi connectivity index (χ4n) is 23.5. The number of aryl methyl sites for hydroxylation is 3. The minimum absolute atomic E-state index is 0.0114. The van der Waals surface area contributed by atoms with Crippen LogP contribution >= 0.6 is 0 Å². The summed E-state index contributed by atoms with van der Waals surface area (Å²) < 4.78 is 48.4. The third kappa shape index (κ3) is 24.6. The van der Waals surface area contributed by atoms with Crippen molar-refractivity contribution in [1.29, 1.82) is 0 Å². The maximum absolute atomic E-state index is 14.7. The van der Waals surface area contributed by atoms with Gasteiger partial charge in [0.1, 0.15) is 17.7 Å². The van der Waals surface area contributed by atoms with Crippen molar-refractivity contribution in [3.63, 3.8) is 0 Å². The normalized spacial score (nSPS) is 25.6. The Morgan fingerprint density at radius 1 is 0.397 bits per heavy atom. The van der Waals surface area contributed by atoms with E-state index in [1.807, 2.05) is 114 Å². The molecule has 15 aromatic rings. The van der Waals surface area contributed by atoms with E-state index in [2.05, 4.69) is 125 Å². The standard InChI is InChI=1S/C16H20FNO.C16H19N3O.C15H19FN2O.C15H18N2O.2C14H19N3O.C13H16N2O2.C12H16N4O/c1-11-7-9-12(10-8-11)18-14-6-4-3-5-13(14)16(2,17)15(18)19;1-11-3-5-12(6-4-11)13-9-14(16(20)19-10-13)15-17-7-2-8-18-15;1-9-3-5-12(6-4-9)18-13-8-11(16)7-10(2)14(13)17-15(18)19;1-11-7-9-13(10-8-11)15-17-16-14(18-15)12-5-3-2-4-6-12;2*1-9-3-5-11(6-4-9)17-13-12(16-14(17)18)7-10(2)8-15-13;1-9-4-6-10(7-5-9)15-12-11(17-13(15)16)3-2-8-14-12;1-8-2-4-9(5-3-8)16-11-10(15-12(16)17)6-13-7-14-11/h3-6,11-12H,7-10H2,1-2H3;2,7-12H,3-6H2,1H3,(H,19,20);7-9,12H,3-6H2,1-2H3,(H,17,19);2-6,11,13H,7-10H2,1H3;2*7-9,11H,3-6H2,1-2H3,(H,16,18);2-3,8-10H,4-7H2,1H3;6-9H,2-5H2,1H3,(H,15,17). The summed E-state index contributed by atoms with van der Waals surface area (Å²) in [4.78, 5) is 130. The number of rotatable bonds is 10. The van der Waals surface area contributed by atoms with Crippen LogP contribution in [0, 0.1) is 73.9 Å². The number of benzene rings is 3. The summed E-state index contributed by atoms with van der Waals surface area (Å²) in [5, 5.41) is 8.39. The number of aromatic amines is 5. The molecule has 13 heterocycles. The van der Waals surface area contributed by atoms with Crippen LogP contribution in [-0.2, 0) is 10.5 Å². The Kier molecular flexibility index (Phi) is 33.8. The number of anilines is 1. The first-order valence-corrected chi connectivity index (χ1v) is 53.9. The van der Waals surface area contributed by atoms with Crippen molar-refractivity contribution < 1.29 is 22.4 Å². The van der Waals surface area contributed by atoms with Gasteiger partial charge in [0.2, 0.25) is 17.5 Å². The van der Waals surface area contributed by atoms with Gasteiger partial charge in [0.05, 0.1) is 39.5 Å². The number of carbonyl (C=O) groups is 1. The van der Waals surface area contributed by atoms with Gasteiger partial charge in [-0.15, -0.1) is 10.2 Å². The average Bonchev–Trinajstić information content (AvgIpc) is 1.61. The second kappa shape index (κ2) is 47.3. The highest BCUT2D eigenvalue weighted by Crippen LogP contribution is 2.47. The van der Waals surface area contributed by atoms with E-state index in [-0.39, 0.29) is 63.9 Å². The molecule has 3 aromatic carbocycles. The number of halogens is 2. The van der Waals surface area contributed by atoms with Gasteiger partial charge >= 0.3 is 28.5 Å². The molecule has 146 heavy (non-hydrogen) atoms. The Morgan fingerprint density at radius 2 is 0.836 bits per heavy atom. The number of nitrogens with zero attached hydrogens (tertiary/aromatic N) is 15. The molecule has 8 saturated carbocycles. The van der Waals surface area contributed by atoms with Crippen molar-refractivity contribution in [3.05, 3.63) is 255 Å². The number of para-hydroxylation sites is 1. The molecule has 0 radical (unpaired) electrons. The summed E-state index contributed by atoms with van der Waals surface area (Å²) in [5.41, 5.74) is 12.4. The zero-order valence-electron chi connectivity index (χ0n) is 86.9. The van der Waals surface area contributed by atoms with Crippen LogP contribution in [-0.4, -0.2) is 105 Å². The summed E-state index contributed by atoms with van der Waals surface area (Å²) in [6, 6.07) is 33.0. The van der Waals surface area contributed by atoms with Crippen molar-refractivity contribution in [2.45, 2.75) is 342 Å². The lowest BCUT2D eigenvalue weighted by molar-refractivity contribution is -0.128. The van der Waals surface area contributed by atoms with Gasteiger partial charge in [-0.05, 0) is 363 Å². The Hall–Kier alpha value is -13.0. The molecule has 1 unspecified atom stereocenters. The van der Waals surface area contributed by atoms with Gasteiger partial charge in [-0.2, -0.15) is 0 Å². The number of fused-ring (bicyclic) bond motifs is 6. The molecule has 29 nitrogen and oxygen atoms in total. The summed E-state index contributed by atoms with van der Waals surface area (Å²) in [6.45, 7) is 25.4. The van der Waals surface area contributed by atoms with Crippen LogP contribution in [0.5, 0.6) is 0 Å². The second-order valence-electron chi connectivity index (χ2n) is 44.1. The molecule has 5 N–H and O–H groups in total. The molecule has 0 saturated heterocycles. The van der Waals surface area contributed by atoms with Gasteiger partial charge < -0.3 is 38.7 Å². The van der Waals surface area contributed by atoms with Crippen LogP contribution in [0.2, 0.25) is 0 Å². The second-order valence-corrected chi connectivity index (χ2v) is 44.1. The zero-order chi connectivity index (χ0) is 103. The van der Waals surface area contributed by atoms with E-state index in [9.17, 15) is 42.3 Å². The molecular weight excluding hydrogens is 1840 g/mol. The molecule has 1 amide bonds. The first-order chi connectivity index (χ1) is 70.4. The average molecular weight is 1990 g/mol. The Bertz CT molecular complexity index is 7040. The predicted octanol–water partition coefficient (Wildman–Crippen LogP) is 24.7. The number of H-pyrrole nitrogens is 5. The maximum Gasteiger partial charge on any atom is 0.421 e. The lowest BCUT2D eigenvalue weighted by Gasteiger charge is -2.34. The van der Waals surface area contributed by atoms with Gasteiger partial charge in [0.15, 0.2) is 34.0 Å². The van der Waals surface area contributed by atoms with Crippen molar-refractivity contribution in [2.75, 3.05) is 4.90 Å². The van der Waals surface area contributed by atoms with E-state index in [1.54, 1.807) is 69.2 Å². The fourth-order valence-corrected chi connectivity index (χ4v) is 23.5. The lowest BCUT2D eigenvalue weighted by Crippen LogP contribution is -2.44. The number of carbonyl (C=O) groups excluding carboxylic acids is 1. The summed E-state index contributed by atoms with van der Waals surface area (Å²) >= 11 is 0. The Balaban J connectivity index is 0.000000114. The molecule has 1 atom stereocenters. The Morgan fingerprint density at radius 3 is 1.35 bits per heavy atom. The number of nitrogens with one attached hydrogen (secondary N) is 5. The molecular formula is C115H146F2N20O9. The van der Waals surface area contributed by atoms with E-state index in [1.165, 1.54) is 134 Å². The zero-order valence-corrected chi connectivity index (χ0v) is 86.9. The highest BCUT2D eigenvalue weighted by Gasteiger charge is 2.50. The van der Waals surface area contributed by atoms with Crippen molar-refractivity contribution >= 4 is 67.3 Å². The van der Waals surface area contributed by atoms with Crippen LogP contribution in [0.25, 0.3) is 78.6 Å². The number of imidazole rings is 4. The largest absolute Gasteiger partial charge is 0.421 e. The van der Waals surface area contributed by atoms with Crippen molar-refractivity contribution in [3.8, 4) is 22.8 Å². The fraction of sp³-hybridized carbons (Fsp3) is 0.530. The van der Waals surface area contributed by atoms with Crippen LogP contribution < -0.4 is 39.0 Å². The summed E-state index contributed by atoms with van der Waals surface area (Å²) in [5.74, 6) is 8.31. The third-order valence-electron chi connectivity index (χ3n) is 32.6. The van der Waals surface area contributed by atoms with E-state index >= 15 is 0 Å². The van der Waals surface area contributed by atoms with Crippen LogP contribution in [0.1, 0.15) is 344 Å². The van der Waals surface area contributed by atoms with E-state index < -0.39 is 5.67 Å². The predicted molar refractivity (Wildman–Crippen MR) is 570 cm³/mol. The minimum Gasteiger partial charge on any atom is -0.420 e.